The Bertz CT molecular complexity index is 295. The zero-order valence-corrected chi connectivity index (χ0v) is 10.7. The second-order valence-corrected chi connectivity index (χ2v) is 4.78. The fraction of sp³-hybridized carbons (Fsp3) is 0.714. The van der Waals surface area contributed by atoms with Crippen molar-refractivity contribution in [3.63, 3.8) is 0 Å². The fourth-order valence-electron chi connectivity index (χ4n) is 2.36. The van der Waals surface area contributed by atoms with Crippen molar-refractivity contribution in [1.82, 2.24) is 0 Å². The number of carbonyl (C=O) groups excluding carboxylic acids is 1. The van der Waals surface area contributed by atoms with Crippen LogP contribution in [0.3, 0.4) is 0 Å². The predicted octanol–water partition coefficient (Wildman–Crippen LogP) is 3.71. The summed E-state index contributed by atoms with van der Waals surface area (Å²) >= 11 is 0. The van der Waals surface area contributed by atoms with Gasteiger partial charge in [-0.25, -0.2) is 0 Å². The normalized spacial score (nSPS) is 20.5. The monoisotopic (exact) mass is 237 g/mol. The van der Waals surface area contributed by atoms with Crippen LogP contribution in [-0.2, 0) is 4.79 Å². The van der Waals surface area contributed by atoms with Crippen LogP contribution in [-0.4, -0.2) is 17.2 Å². The lowest BCUT2D eigenvalue weighted by Gasteiger charge is -2.18. The topological polar surface area (TPSA) is 49.7 Å². The van der Waals surface area contributed by atoms with Crippen molar-refractivity contribution < 1.29 is 10.0 Å². The highest BCUT2D eigenvalue weighted by Crippen LogP contribution is 2.26. The van der Waals surface area contributed by atoms with Crippen molar-refractivity contribution in [3.05, 3.63) is 11.6 Å². The Labute approximate surface area is 104 Å². The van der Waals surface area contributed by atoms with Crippen molar-refractivity contribution in [2.45, 2.75) is 58.3 Å². The third-order valence-electron chi connectivity index (χ3n) is 3.35. The molecule has 0 aromatic heterocycles. The summed E-state index contributed by atoms with van der Waals surface area (Å²) < 4.78 is 0. The van der Waals surface area contributed by atoms with Gasteiger partial charge in [-0.2, -0.15) is 0 Å². The maximum Gasteiger partial charge on any atom is 0.184 e. The molecule has 96 valence electrons. The Hall–Kier alpha value is -1.12. The molecule has 0 aromatic carbocycles. The Morgan fingerprint density at radius 1 is 1.53 bits per heavy atom. The van der Waals surface area contributed by atoms with Gasteiger partial charge in [-0.3, -0.25) is 4.79 Å². The molecule has 3 nitrogen and oxygen atoms in total. The highest BCUT2D eigenvalue weighted by atomic mass is 16.4. The molecule has 3 heteroatoms. The van der Waals surface area contributed by atoms with Gasteiger partial charge in [-0.1, -0.05) is 43.0 Å². The first kappa shape index (κ1) is 13.9. The lowest BCUT2D eigenvalue weighted by atomic mass is 9.86. The maximum atomic E-state index is 11.6. The predicted molar refractivity (Wildman–Crippen MR) is 69.5 cm³/mol. The summed E-state index contributed by atoms with van der Waals surface area (Å²) in [7, 11) is 0. The van der Waals surface area contributed by atoms with Crippen LogP contribution in [0.2, 0.25) is 0 Å². The number of oxime groups is 1. The summed E-state index contributed by atoms with van der Waals surface area (Å²) in [4.78, 5) is 11.6. The number of Topliss-reactive ketones (excluding diaryl/α,β-unsaturated/α-hetero) is 1. The molecule has 0 aliphatic heterocycles. The molecule has 1 unspecified atom stereocenters. The molecule has 0 heterocycles. The van der Waals surface area contributed by atoms with E-state index in [1.807, 2.05) is 0 Å². The second-order valence-electron chi connectivity index (χ2n) is 4.78. The molecule has 0 aromatic rings. The SMILES string of the molecule is CCCCCCC1=CC(C(=O)C=NO)CCC1. The first-order valence-corrected chi connectivity index (χ1v) is 6.68. The molecule has 0 bridgehead atoms. The number of hydrogen-bond donors (Lipinski definition) is 1. The van der Waals surface area contributed by atoms with Crippen LogP contribution in [0.25, 0.3) is 0 Å². The fourth-order valence-corrected chi connectivity index (χ4v) is 2.36. The minimum Gasteiger partial charge on any atom is -0.411 e. The highest BCUT2D eigenvalue weighted by molar-refractivity contribution is 6.28. The van der Waals surface area contributed by atoms with Gasteiger partial charge in [0.15, 0.2) is 5.78 Å². The average molecular weight is 237 g/mol. The minimum absolute atomic E-state index is 0.0548. The van der Waals surface area contributed by atoms with Crippen molar-refractivity contribution >= 4 is 12.0 Å². The maximum absolute atomic E-state index is 11.6. The minimum atomic E-state index is -0.0711. The molecule has 0 radical (unpaired) electrons. The van der Waals surface area contributed by atoms with Crippen molar-refractivity contribution in [1.29, 1.82) is 0 Å². The Balaban J connectivity index is 2.40. The van der Waals surface area contributed by atoms with E-state index in [4.69, 9.17) is 5.21 Å². The third kappa shape index (κ3) is 5.16. The molecule has 0 spiro atoms. The quantitative estimate of drug-likeness (QED) is 0.241. The van der Waals surface area contributed by atoms with Gasteiger partial charge in [0.05, 0.1) is 0 Å². The van der Waals surface area contributed by atoms with Crippen LogP contribution in [0.4, 0.5) is 0 Å². The molecular formula is C14H23NO2. The molecule has 1 aliphatic rings. The van der Waals surface area contributed by atoms with Gasteiger partial charge in [0.25, 0.3) is 0 Å². The molecule has 0 saturated heterocycles. The molecule has 17 heavy (non-hydrogen) atoms. The van der Waals surface area contributed by atoms with E-state index >= 15 is 0 Å². The van der Waals surface area contributed by atoms with Crippen LogP contribution in [0.5, 0.6) is 0 Å². The van der Waals surface area contributed by atoms with Gasteiger partial charge in [0.2, 0.25) is 0 Å². The number of allylic oxidation sites excluding steroid dienone is 2. The summed E-state index contributed by atoms with van der Waals surface area (Å²) in [6, 6.07) is 0. The lowest BCUT2D eigenvalue weighted by molar-refractivity contribution is -0.115. The van der Waals surface area contributed by atoms with Gasteiger partial charge in [-0.05, 0) is 32.1 Å². The zero-order chi connectivity index (χ0) is 12.5. The number of carbonyl (C=O) groups is 1. The van der Waals surface area contributed by atoms with Crippen molar-refractivity contribution in [2.24, 2.45) is 11.1 Å². The van der Waals surface area contributed by atoms with E-state index in [2.05, 4.69) is 18.2 Å². The molecule has 0 amide bonds. The molecule has 0 saturated carbocycles. The van der Waals surface area contributed by atoms with Gasteiger partial charge in [0, 0.05) is 5.92 Å². The van der Waals surface area contributed by atoms with Gasteiger partial charge >= 0.3 is 0 Å². The zero-order valence-electron chi connectivity index (χ0n) is 10.7. The number of rotatable bonds is 7. The Kier molecular flexibility index (Phi) is 6.60. The van der Waals surface area contributed by atoms with E-state index in [0.717, 1.165) is 31.9 Å². The van der Waals surface area contributed by atoms with Gasteiger partial charge < -0.3 is 5.21 Å². The first-order chi connectivity index (χ1) is 8.27. The number of ketones is 1. The van der Waals surface area contributed by atoms with Gasteiger partial charge in [-0.15, -0.1) is 0 Å². The van der Waals surface area contributed by atoms with E-state index in [1.54, 1.807) is 0 Å². The van der Waals surface area contributed by atoms with Crippen LogP contribution in [0.1, 0.15) is 58.3 Å². The van der Waals surface area contributed by atoms with Crippen molar-refractivity contribution in [3.8, 4) is 0 Å². The third-order valence-corrected chi connectivity index (χ3v) is 3.35. The summed E-state index contributed by atoms with van der Waals surface area (Å²) in [6.45, 7) is 2.21. The van der Waals surface area contributed by atoms with Crippen LogP contribution < -0.4 is 0 Å². The van der Waals surface area contributed by atoms with E-state index in [9.17, 15) is 4.79 Å². The Morgan fingerprint density at radius 2 is 2.35 bits per heavy atom. The number of unbranched alkanes of at least 4 members (excludes halogenated alkanes) is 3. The molecule has 0 fully saturated rings. The molecule has 1 atom stereocenters. The highest BCUT2D eigenvalue weighted by Gasteiger charge is 2.19. The number of hydrogen-bond acceptors (Lipinski definition) is 3. The van der Waals surface area contributed by atoms with Crippen molar-refractivity contribution in [2.75, 3.05) is 0 Å². The van der Waals surface area contributed by atoms with E-state index < -0.39 is 0 Å². The summed E-state index contributed by atoms with van der Waals surface area (Å²) in [5, 5.41) is 11.2. The van der Waals surface area contributed by atoms with Crippen LogP contribution in [0, 0.1) is 5.92 Å². The molecule has 1 aliphatic carbocycles. The average Bonchev–Trinajstić information content (AvgIpc) is 2.35. The van der Waals surface area contributed by atoms with Crippen LogP contribution in [0.15, 0.2) is 16.8 Å². The number of nitrogens with zero attached hydrogens (tertiary/aromatic N) is 1. The first-order valence-electron chi connectivity index (χ1n) is 6.68. The largest absolute Gasteiger partial charge is 0.411 e. The summed E-state index contributed by atoms with van der Waals surface area (Å²) in [5.41, 5.74) is 1.41. The smallest absolute Gasteiger partial charge is 0.184 e. The molecule has 1 rings (SSSR count). The second kappa shape index (κ2) is 8.04. The van der Waals surface area contributed by atoms with E-state index in [0.29, 0.717) is 0 Å². The van der Waals surface area contributed by atoms with E-state index in [1.165, 1.54) is 31.3 Å². The van der Waals surface area contributed by atoms with Gasteiger partial charge in [0.1, 0.15) is 6.21 Å². The molecular weight excluding hydrogens is 214 g/mol. The van der Waals surface area contributed by atoms with Crippen LogP contribution >= 0.6 is 0 Å². The summed E-state index contributed by atoms with van der Waals surface area (Å²) in [6.07, 6.45) is 12.4. The van der Waals surface area contributed by atoms with E-state index in [-0.39, 0.29) is 11.7 Å². The molecule has 1 N–H and O–H groups in total. The standard InChI is InChI=1S/C14H23NO2/c1-2-3-4-5-7-12-8-6-9-13(10-12)14(16)11-15-17/h10-11,13,17H,2-9H2,1H3. The Morgan fingerprint density at radius 3 is 3.06 bits per heavy atom. The lowest BCUT2D eigenvalue weighted by Crippen LogP contribution is -2.17. The summed E-state index contributed by atoms with van der Waals surface area (Å²) in [5.74, 6) is -0.126.